The standard InChI is InChI=1S/C23H21N3O7S/c1-16-14-25(21-7-2-3-8-22(21)33-16)34(30,31)20-11-9-17(10-12-20)24-23(27)15-32-19-6-4-5-18(13-19)26(28)29/h2-13,16H,14-15H2,1H3,(H,24,27). The third kappa shape index (κ3) is 4.94. The predicted molar refractivity (Wildman–Crippen MR) is 125 cm³/mol. The first-order valence-electron chi connectivity index (χ1n) is 10.3. The van der Waals surface area contributed by atoms with E-state index in [9.17, 15) is 23.3 Å². The first-order valence-corrected chi connectivity index (χ1v) is 11.7. The van der Waals surface area contributed by atoms with Gasteiger partial charge < -0.3 is 14.8 Å². The molecule has 0 saturated carbocycles. The maximum Gasteiger partial charge on any atom is 0.273 e. The minimum Gasteiger partial charge on any atom is -0.487 e. The summed E-state index contributed by atoms with van der Waals surface area (Å²) >= 11 is 0. The number of nitro groups is 1. The molecular formula is C23H21N3O7S. The number of nitrogens with one attached hydrogen (secondary N) is 1. The number of benzene rings is 3. The van der Waals surface area contributed by atoms with Crippen molar-refractivity contribution in [3.05, 3.63) is 82.9 Å². The number of sulfonamides is 1. The molecule has 1 atom stereocenters. The molecule has 0 bridgehead atoms. The summed E-state index contributed by atoms with van der Waals surface area (Å²) in [5.74, 6) is 0.182. The zero-order valence-corrected chi connectivity index (χ0v) is 18.9. The van der Waals surface area contributed by atoms with E-state index in [0.717, 1.165) is 0 Å². The van der Waals surface area contributed by atoms with Gasteiger partial charge in [-0.1, -0.05) is 18.2 Å². The fraction of sp³-hybridized carbons (Fsp3) is 0.174. The summed E-state index contributed by atoms with van der Waals surface area (Å²) in [5.41, 5.74) is 0.700. The number of carbonyl (C=O) groups is 1. The van der Waals surface area contributed by atoms with Crippen LogP contribution < -0.4 is 19.1 Å². The van der Waals surface area contributed by atoms with Crippen molar-refractivity contribution >= 4 is 33.0 Å². The Kier molecular flexibility index (Phi) is 6.37. The Balaban J connectivity index is 1.42. The third-order valence-corrected chi connectivity index (χ3v) is 6.80. The van der Waals surface area contributed by atoms with Gasteiger partial charge in [0.15, 0.2) is 6.61 Å². The molecule has 1 unspecified atom stereocenters. The number of hydrogen-bond acceptors (Lipinski definition) is 7. The Labute approximate surface area is 195 Å². The Morgan fingerprint density at radius 2 is 1.88 bits per heavy atom. The van der Waals surface area contributed by atoms with E-state index < -0.39 is 20.9 Å². The van der Waals surface area contributed by atoms with Crippen molar-refractivity contribution in [1.82, 2.24) is 0 Å². The number of nitro benzene ring substituents is 1. The van der Waals surface area contributed by atoms with E-state index in [1.54, 1.807) is 31.2 Å². The van der Waals surface area contributed by atoms with Crippen LogP contribution in [0.5, 0.6) is 11.5 Å². The van der Waals surface area contributed by atoms with Crippen molar-refractivity contribution in [2.24, 2.45) is 0 Å². The summed E-state index contributed by atoms with van der Waals surface area (Å²) in [5, 5.41) is 13.4. The van der Waals surface area contributed by atoms with Gasteiger partial charge in [-0.25, -0.2) is 8.42 Å². The highest BCUT2D eigenvalue weighted by Gasteiger charge is 2.32. The average molecular weight is 484 g/mol. The maximum atomic E-state index is 13.3. The first kappa shape index (κ1) is 23.1. The highest BCUT2D eigenvalue weighted by molar-refractivity contribution is 7.92. The molecule has 0 spiro atoms. The van der Waals surface area contributed by atoms with E-state index in [0.29, 0.717) is 17.1 Å². The summed E-state index contributed by atoms with van der Waals surface area (Å²) < 4.78 is 38.9. The number of carbonyl (C=O) groups excluding carboxylic acids is 1. The SMILES string of the molecule is CC1CN(S(=O)(=O)c2ccc(NC(=O)COc3cccc([N+](=O)[O-])c3)cc2)c2ccccc2O1. The third-order valence-electron chi connectivity index (χ3n) is 5.01. The number of nitrogens with zero attached hydrogens (tertiary/aromatic N) is 2. The molecule has 4 rings (SSSR count). The quantitative estimate of drug-likeness (QED) is 0.402. The lowest BCUT2D eigenvalue weighted by Gasteiger charge is -2.34. The van der Waals surface area contributed by atoms with Crippen molar-refractivity contribution < 1.29 is 27.6 Å². The second-order valence-corrected chi connectivity index (χ2v) is 9.41. The van der Waals surface area contributed by atoms with Crippen molar-refractivity contribution in [3.8, 4) is 11.5 Å². The molecule has 176 valence electrons. The van der Waals surface area contributed by atoms with Crippen LogP contribution in [0.4, 0.5) is 17.1 Å². The fourth-order valence-corrected chi connectivity index (χ4v) is 5.00. The lowest BCUT2D eigenvalue weighted by atomic mass is 10.2. The Bertz CT molecular complexity index is 1330. The van der Waals surface area contributed by atoms with Gasteiger partial charge in [-0.3, -0.25) is 19.2 Å². The minimum absolute atomic E-state index is 0.0715. The van der Waals surface area contributed by atoms with E-state index in [-0.39, 0.29) is 35.6 Å². The van der Waals surface area contributed by atoms with Gasteiger partial charge in [0.2, 0.25) is 0 Å². The van der Waals surface area contributed by atoms with Gasteiger partial charge in [0.1, 0.15) is 17.6 Å². The van der Waals surface area contributed by atoms with Crippen LogP contribution in [0, 0.1) is 10.1 Å². The number of para-hydroxylation sites is 2. The van der Waals surface area contributed by atoms with Crippen LogP contribution in [0.25, 0.3) is 0 Å². The first-order chi connectivity index (χ1) is 16.2. The molecule has 1 N–H and O–H groups in total. The van der Waals surface area contributed by atoms with Crippen LogP contribution in [0.15, 0.2) is 77.7 Å². The van der Waals surface area contributed by atoms with Gasteiger partial charge in [-0.2, -0.15) is 0 Å². The molecule has 1 amide bonds. The molecule has 0 fully saturated rings. The van der Waals surface area contributed by atoms with Crippen LogP contribution >= 0.6 is 0 Å². The molecule has 1 aliphatic heterocycles. The van der Waals surface area contributed by atoms with Crippen LogP contribution in [0.2, 0.25) is 0 Å². The fourth-order valence-electron chi connectivity index (χ4n) is 3.45. The zero-order chi connectivity index (χ0) is 24.3. The maximum absolute atomic E-state index is 13.3. The monoisotopic (exact) mass is 483 g/mol. The number of hydrogen-bond donors (Lipinski definition) is 1. The zero-order valence-electron chi connectivity index (χ0n) is 18.1. The van der Waals surface area contributed by atoms with Crippen LogP contribution in [0.1, 0.15) is 6.92 Å². The van der Waals surface area contributed by atoms with Gasteiger partial charge in [0.25, 0.3) is 21.6 Å². The number of fused-ring (bicyclic) bond motifs is 1. The van der Waals surface area contributed by atoms with E-state index in [4.69, 9.17) is 9.47 Å². The van der Waals surface area contributed by atoms with Crippen LogP contribution in [-0.4, -0.2) is 38.5 Å². The normalized spacial score (nSPS) is 15.1. The van der Waals surface area contributed by atoms with Gasteiger partial charge in [0.05, 0.1) is 28.1 Å². The summed E-state index contributed by atoms with van der Waals surface area (Å²) in [6, 6.07) is 18.2. The largest absolute Gasteiger partial charge is 0.487 e. The second-order valence-electron chi connectivity index (χ2n) is 7.55. The lowest BCUT2D eigenvalue weighted by molar-refractivity contribution is -0.384. The van der Waals surface area contributed by atoms with Crippen LogP contribution in [0.3, 0.4) is 0 Å². The predicted octanol–water partition coefficient (Wildman–Crippen LogP) is 3.59. The Hall–Kier alpha value is -4.12. The summed E-state index contributed by atoms with van der Waals surface area (Å²) in [7, 11) is -3.85. The molecule has 34 heavy (non-hydrogen) atoms. The van der Waals surface area contributed by atoms with Crippen LogP contribution in [-0.2, 0) is 14.8 Å². The van der Waals surface area contributed by atoms with E-state index in [1.807, 2.05) is 0 Å². The highest BCUT2D eigenvalue weighted by atomic mass is 32.2. The second kappa shape index (κ2) is 9.40. The van der Waals surface area contributed by atoms with Gasteiger partial charge >= 0.3 is 0 Å². The number of anilines is 2. The molecular weight excluding hydrogens is 462 g/mol. The molecule has 0 radical (unpaired) electrons. The lowest BCUT2D eigenvalue weighted by Crippen LogP contribution is -2.42. The van der Waals surface area contributed by atoms with E-state index in [1.165, 1.54) is 52.8 Å². The summed E-state index contributed by atoms with van der Waals surface area (Å²) in [4.78, 5) is 22.5. The van der Waals surface area contributed by atoms with E-state index >= 15 is 0 Å². The molecule has 1 aliphatic rings. The molecule has 0 saturated heterocycles. The Morgan fingerprint density at radius 3 is 2.62 bits per heavy atom. The van der Waals surface area contributed by atoms with Crippen molar-refractivity contribution in [2.75, 3.05) is 22.8 Å². The van der Waals surface area contributed by atoms with Gasteiger partial charge in [0, 0.05) is 11.8 Å². The minimum atomic E-state index is -3.85. The van der Waals surface area contributed by atoms with E-state index in [2.05, 4.69) is 5.32 Å². The highest BCUT2D eigenvalue weighted by Crippen LogP contribution is 2.36. The average Bonchev–Trinajstić information content (AvgIpc) is 2.82. The summed E-state index contributed by atoms with van der Waals surface area (Å²) in [6.07, 6.45) is -0.311. The molecule has 3 aromatic carbocycles. The smallest absolute Gasteiger partial charge is 0.273 e. The number of rotatable bonds is 7. The molecule has 3 aromatic rings. The molecule has 11 heteroatoms. The topological polar surface area (TPSA) is 128 Å². The molecule has 1 heterocycles. The molecule has 0 aliphatic carbocycles. The van der Waals surface area contributed by atoms with Gasteiger partial charge in [-0.05, 0) is 49.4 Å². The van der Waals surface area contributed by atoms with Crippen molar-refractivity contribution in [3.63, 3.8) is 0 Å². The Morgan fingerprint density at radius 1 is 1.15 bits per heavy atom. The van der Waals surface area contributed by atoms with Crippen molar-refractivity contribution in [2.45, 2.75) is 17.9 Å². The number of amides is 1. The van der Waals surface area contributed by atoms with Gasteiger partial charge in [-0.15, -0.1) is 0 Å². The summed E-state index contributed by atoms with van der Waals surface area (Å²) in [6.45, 7) is 1.60. The number of non-ortho nitro benzene ring substituents is 1. The number of ether oxygens (including phenoxy) is 2. The molecule has 0 aromatic heterocycles. The molecule has 10 nitrogen and oxygen atoms in total. The van der Waals surface area contributed by atoms with Crippen molar-refractivity contribution in [1.29, 1.82) is 0 Å².